The molecular weight excluding hydrogens is 292 g/mol. The van der Waals surface area contributed by atoms with Crippen LogP contribution >= 0.6 is 0 Å². The van der Waals surface area contributed by atoms with Gasteiger partial charge in [-0.25, -0.2) is 0 Å². The molecule has 2 rings (SSSR count). The van der Waals surface area contributed by atoms with Crippen LogP contribution in [0.2, 0.25) is 0 Å². The molecule has 0 aliphatic carbocycles. The van der Waals surface area contributed by atoms with Gasteiger partial charge in [0.25, 0.3) is 0 Å². The third-order valence-electron chi connectivity index (χ3n) is 3.69. The molecule has 23 heavy (non-hydrogen) atoms. The molecule has 120 valence electrons. The maximum atomic E-state index is 11.8. The second kappa shape index (κ2) is 7.58. The van der Waals surface area contributed by atoms with Gasteiger partial charge in [0.1, 0.15) is 12.4 Å². The van der Waals surface area contributed by atoms with E-state index in [1.54, 1.807) is 12.1 Å². The molecule has 0 aromatic heterocycles. The van der Waals surface area contributed by atoms with Crippen LogP contribution in [0.1, 0.15) is 40.9 Å². The molecule has 4 heteroatoms. The number of aliphatic carboxylic acids is 1. The molecule has 2 aromatic rings. The summed E-state index contributed by atoms with van der Waals surface area (Å²) in [5.41, 5.74) is 2.91. The van der Waals surface area contributed by atoms with Gasteiger partial charge in [-0.15, -0.1) is 0 Å². The van der Waals surface area contributed by atoms with Gasteiger partial charge in [0.05, 0.1) is 6.42 Å². The van der Waals surface area contributed by atoms with Crippen molar-refractivity contribution in [3.63, 3.8) is 0 Å². The summed E-state index contributed by atoms with van der Waals surface area (Å²) in [6.07, 6.45) is 0.425. The van der Waals surface area contributed by atoms with Gasteiger partial charge in [0, 0.05) is 11.1 Å². The number of carboxylic acids is 1. The number of Topliss-reactive ketones (excluding diaryl/α,β-unsaturated/α-hetero) is 1. The summed E-state index contributed by atoms with van der Waals surface area (Å²) in [6, 6.07) is 13.1. The van der Waals surface area contributed by atoms with E-state index in [0.717, 1.165) is 11.1 Å². The molecule has 0 atom stereocenters. The topological polar surface area (TPSA) is 63.6 Å². The summed E-state index contributed by atoms with van der Waals surface area (Å²) in [6.45, 7) is 3.76. The van der Waals surface area contributed by atoms with E-state index < -0.39 is 5.97 Å². The van der Waals surface area contributed by atoms with Gasteiger partial charge in [-0.3, -0.25) is 9.59 Å². The number of hydrogen-bond acceptors (Lipinski definition) is 3. The molecule has 0 saturated heterocycles. The molecule has 4 nitrogen and oxygen atoms in total. The Morgan fingerprint density at radius 1 is 1.04 bits per heavy atom. The third kappa shape index (κ3) is 4.19. The van der Waals surface area contributed by atoms with Gasteiger partial charge >= 0.3 is 5.97 Å². The van der Waals surface area contributed by atoms with E-state index in [9.17, 15) is 14.7 Å². The Hall–Kier alpha value is -2.62. The van der Waals surface area contributed by atoms with Crippen LogP contribution in [-0.2, 0) is 24.2 Å². The van der Waals surface area contributed by atoms with Crippen molar-refractivity contribution >= 4 is 11.8 Å². The quantitative estimate of drug-likeness (QED) is 0.793. The molecule has 0 unspecified atom stereocenters. The summed E-state index contributed by atoms with van der Waals surface area (Å²) in [7, 11) is 0. The van der Waals surface area contributed by atoms with Crippen LogP contribution in [0.4, 0.5) is 0 Å². The average molecular weight is 312 g/mol. The molecule has 0 aliphatic rings. The highest BCUT2D eigenvalue weighted by molar-refractivity contribution is 5.96. The maximum absolute atomic E-state index is 11.8. The number of benzene rings is 2. The molecule has 0 aliphatic heterocycles. The van der Waals surface area contributed by atoms with E-state index in [2.05, 4.69) is 0 Å². The third-order valence-corrected chi connectivity index (χ3v) is 3.69. The summed E-state index contributed by atoms with van der Waals surface area (Å²) in [5, 5.41) is 9.19. The second-order valence-corrected chi connectivity index (χ2v) is 5.32. The van der Waals surface area contributed by atoms with Gasteiger partial charge in [-0.2, -0.15) is 0 Å². The largest absolute Gasteiger partial charge is 0.489 e. The number of rotatable bonds is 7. The first kappa shape index (κ1) is 16.7. The fourth-order valence-corrected chi connectivity index (χ4v) is 2.62. The first-order valence-corrected chi connectivity index (χ1v) is 7.57. The first-order chi connectivity index (χ1) is 11.0. The van der Waals surface area contributed by atoms with Gasteiger partial charge in [-0.05, 0) is 36.6 Å². The van der Waals surface area contributed by atoms with Crippen molar-refractivity contribution < 1.29 is 19.4 Å². The SMILES string of the molecule is CCc1c(C(C)=O)ccc(OCc2ccccc2)c1CC(=O)O. The van der Waals surface area contributed by atoms with Crippen LogP contribution in [-0.4, -0.2) is 16.9 Å². The van der Waals surface area contributed by atoms with Crippen LogP contribution in [0, 0.1) is 0 Å². The smallest absolute Gasteiger partial charge is 0.307 e. The number of hydrogen-bond donors (Lipinski definition) is 1. The highest BCUT2D eigenvalue weighted by Gasteiger charge is 2.18. The summed E-state index contributed by atoms with van der Waals surface area (Å²) in [4.78, 5) is 23.0. The predicted octanol–water partition coefficient (Wildman–Crippen LogP) is 3.66. The Morgan fingerprint density at radius 3 is 2.30 bits per heavy atom. The predicted molar refractivity (Wildman–Crippen MR) is 87.9 cm³/mol. The number of ether oxygens (including phenoxy) is 1. The van der Waals surface area contributed by atoms with Crippen molar-refractivity contribution in [3.8, 4) is 5.75 Å². The van der Waals surface area contributed by atoms with Crippen LogP contribution < -0.4 is 4.74 Å². The Labute approximate surface area is 135 Å². The van der Waals surface area contributed by atoms with Gasteiger partial charge in [-0.1, -0.05) is 37.3 Å². The average Bonchev–Trinajstić information content (AvgIpc) is 2.53. The summed E-state index contributed by atoms with van der Waals surface area (Å²) >= 11 is 0. The van der Waals surface area contributed by atoms with Crippen molar-refractivity contribution in [2.75, 3.05) is 0 Å². The Bertz CT molecular complexity index is 705. The summed E-state index contributed by atoms with van der Waals surface area (Å²) < 4.78 is 5.83. The highest BCUT2D eigenvalue weighted by Crippen LogP contribution is 2.28. The number of ketones is 1. The lowest BCUT2D eigenvalue weighted by Crippen LogP contribution is -2.11. The van der Waals surface area contributed by atoms with Crippen LogP contribution in [0.15, 0.2) is 42.5 Å². The lowest BCUT2D eigenvalue weighted by molar-refractivity contribution is -0.136. The lowest BCUT2D eigenvalue weighted by Gasteiger charge is -2.16. The minimum absolute atomic E-state index is 0.0666. The van der Waals surface area contributed by atoms with E-state index in [1.165, 1.54) is 6.92 Å². The van der Waals surface area contributed by atoms with E-state index >= 15 is 0 Å². The van der Waals surface area contributed by atoms with Crippen molar-refractivity contribution in [2.24, 2.45) is 0 Å². The van der Waals surface area contributed by atoms with Crippen molar-refractivity contribution in [1.82, 2.24) is 0 Å². The van der Waals surface area contributed by atoms with Crippen LogP contribution in [0.5, 0.6) is 5.75 Å². The molecule has 0 bridgehead atoms. The molecule has 0 amide bonds. The van der Waals surface area contributed by atoms with E-state index in [-0.39, 0.29) is 12.2 Å². The standard InChI is InChI=1S/C19H20O4/c1-3-15-16(13(2)20)9-10-18(17(15)11-19(21)22)23-12-14-7-5-4-6-8-14/h4-10H,3,11-12H2,1-2H3,(H,21,22). The molecular formula is C19H20O4. The Balaban J connectivity index is 2.37. The molecule has 2 aromatic carbocycles. The highest BCUT2D eigenvalue weighted by atomic mass is 16.5. The normalized spacial score (nSPS) is 10.3. The number of carbonyl (C=O) groups excluding carboxylic acids is 1. The Kier molecular flexibility index (Phi) is 5.52. The van der Waals surface area contributed by atoms with E-state index in [0.29, 0.717) is 29.9 Å². The van der Waals surface area contributed by atoms with Gasteiger partial charge < -0.3 is 9.84 Å². The zero-order valence-electron chi connectivity index (χ0n) is 13.3. The van der Waals surface area contributed by atoms with Crippen molar-refractivity contribution in [2.45, 2.75) is 33.3 Å². The molecule has 0 saturated carbocycles. The zero-order valence-corrected chi connectivity index (χ0v) is 13.3. The first-order valence-electron chi connectivity index (χ1n) is 7.57. The minimum atomic E-state index is -0.940. The van der Waals surface area contributed by atoms with Gasteiger partial charge in [0.2, 0.25) is 0 Å². The molecule has 1 N–H and O–H groups in total. The molecule has 0 spiro atoms. The second-order valence-electron chi connectivity index (χ2n) is 5.32. The molecule has 0 heterocycles. The minimum Gasteiger partial charge on any atom is -0.489 e. The zero-order chi connectivity index (χ0) is 16.8. The van der Waals surface area contributed by atoms with E-state index in [1.807, 2.05) is 37.3 Å². The lowest BCUT2D eigenvalue weighted by atomic mass is 9.94. The molecule has 0 radical (unpaired) electrons. The summed E-state index contributed by atoms with van der Waals surface area (Å²) in [5.74, 6) is -0.480. The molecule has 0 fully saturated rings. The van der Waals surface area contributed by atoms with Crippen molar-refractivity contribution in [1.29, 1.82) is 0 Å². The fourth-order valence-electron chi connectivity index (χ4n) is 2.62. The monoisotopic (exact) mass is 312 g/mol. The van der Waals surface area contributed by atoms with Gasteiger partial charge in [0.15, 0.2) is 5.78 Å². The van der Waals surface area contributed by atoms with Crippen molar-refractivity contribution in [3.05, 3.63) is 64.7 Å². The number of carboxylic acid groups (broad SMARTS) is 1. The van der Waals surface area contributed by atoms with E-state index in [4.69, 9.17) is 4.74 Å². The van der Waals surface area contributed by atoms with Crippen LogP contribution in [0.3, 0.4) is 0 Å². The maximum Gasteiger partial charge on any atom is 0.307 e. The fraction of sp³-hybridized carbons (Fsp3) is 0.263. The Morgan fingerprint density at radius 2 is 1.74 bits per heavy atom. The number of carbonyl (C=O) groups is 2. The van der Waals surface area contributed by atoms with Crippen LogP contribution in [0.25, 0.3) is 0 Å².